The summed E-state index contributed by atoms with van der Waals surface area (Å²) in [5, 5.41) is 10.4. The van der Waals surface area contributed by atoms with Crippen LogP contribution in [0.1, 0.15) is 45.4 Å². The lowest BCUT2D eigenvalue weighted by atomic mass is 9.62. The van der Waals surface area contributed by atoms with Crippen LogP contribution in [-0.2, 0) is 4.79 Å². The van der Waals surface area contributed by atoms with Gasteiger partial charge in [0.15, 0.2) is 0 Å². The molecule has 0 aromatic carbocycles. The molecule has 2 fully saturated rings. The van der Waals surface area contributed by atoms with Crippen molar-refractivity contribution in [3.8, 4) is 0 Å². The van der Waals surface area contributed by atoms with Gasteiger partial charge in [0.25, 0.3) is 0 Å². The van der Waals surface area contributed by atoms with E-state index in [4.69, 9.17) is 5.73 Å². The van der Waals surface area contributed by atoms with Gasteiger partial charge in [-0.05, 0) is 31.6 Å². The van der Waals surface area contributed by atoms with Crippen LogP contribution >= 0.6 is 0 Å². The third-order valence-corrected chi connectivity index (χ3v) is 4.74. The molecule has 0 unspecified atom stereocenters. The second kappa shape index (κ2) is 4.82. The number of nitrogens with zero attached hydrogens (tertiary/aromatic N) is 1. The van der Waals surface area contributed by atoms with Crippen molar-refractivity contribution in [3.63, 3.8) is 0 Å². The number of carbonyl (C=O) groups is 1. The summed E-state index contributed by atoms with van der Waals surface area (Å²) in [6.45, 7) is 3.05. The van der Waals surface area contributed by atoms with E-state index in [0.717, 1.165) is 38.5 Å². The summed E-state index contributed by atoms with van der Waals surface area (Å²) in [5.41, 5.74) is 4.80. The van der Waals surface area contributed by atoms with E-state index in [0.29, 0.717) is 19.0 Å². The van der Waals surface area contributed by atoms with Gasteiger partial charge in [-0.1, -0.05) is 19.8 Å². The molecule has 0 heterocycles. The van der Waals surface area contributed by atoms with E-state index in [-0.39, 0.29) is 11.3 Å². The van der Waals surface area contributed by atoms with Crippen LogP contribution in [0.15, 0.2) is 0 Å². The van der Waals surface area contributed by atoms with Crippen molar-refractivity contribution in [3.05, 3.63) is 0 Å². The van der Waals surface area contributed by atoms with Gasteiger partial charge in [-0.15, -0.1) is 0 Å². The van der Waals surface area contributed by atoms with E-state index in [2.05, 4.69) is 6.92 Å². The molecule has 3 N–H and O–H groups in total. The monoisotopic (exact) mass is 254 g/mol. The number of rotatable bonds is 4. The normalized spacial score (nSPS) is 34.1. The Kier molecular flexibility index (Phi) is 3.70. The van der Waals surface area contributed by atoms with Gasteiger partial charge in [0.2, 0.25) is 5.91 Å². The first-order chi connectivity index (χ1) is 8.41. The van der Waals surface area contributed by atoms with Crippen molar-refractivity contribution in [2.45, 2.75) is 51.0 Å². The molecule has 104 valence electrons. The number of hydrogen-bond donors (Lipinski definition) is 2. The number of amides is 1. The van der Waals surface area contributed by atoms with Crippen LogP contribution in [0.5, 0.6) is 0 Å². The fourth-order valence-electron chi connectivity index (χ4n) is 3.81. The zero-order valence-electron chi connectivity index (χ0n) is 11.6. The second-order valence-electron chi connectivity index (χ2n) is 6.59. The molecule has 2 rings (SSSR count). The van der Waals surface area contributed by atoms with Crippen LogP contribution in [0.3, 0.4) is 0 Å². The van der Waals surface area contributed by atoms with Crippen LogP contribution in [0.4, 0.5) is 0 Å². The Bertz CT molecular complexity index is 318. The lowest BCUT2D eigenvalue weighted by Gasteiger charge is -2.47. The number of nitrogens with two attached hydrogens (primary N) is 1. The lowest BCUT2D eigenvalue weighted by molar-refractivity contribution is -0.151. The first kappa shape index (κ1) is 13.8. The summed E-state index contributed by atoms with van der Waals surface area (Å²) < 4.78 is 0. The van der Waals surface area contributed by atoms with Gasteiger partial charge in [-0.2, -0.15) is 0 Å². The summed E-state index contributed by atoms with van der Waals surface area (Å²) >= 11 is 0. The van der Waals surface area contributed by atoms with Crippen molar-refractivity contribution in [1.29, 1.82) is 0 Å². The van der Waals surface area contributed by atoms with E-state index in [1.165, 1.54) is 0 Å². The number of hydrogen-bond acceptors (Lipinski definition) is 3. The minimum atomic E-state index is -0.657. The molecule has 0 aromatic heterocycles. The number of likely N-dealkylation sites (N-methyl/N-ethyl adjacent to an activating group) is 1. The van der Waals surface area contributed by atoms with Crippen molar-refractivity contribution in [1.82, 2.24) is 4.90 Å². The summed E-state index contributed by atoms with van der Waals surface area (Å²) in [7, 11) is 1.80. The SMILES string of the molecule is CC1CC(CN)(C(=O)N(C)CC2(O)CCCC2)C1. The molecule has 0 radical (unpaired) electrons. The molecule has 0 bridgehead atoms. The maximum Gasteiger partial charge on any atom is 0.229 e. The highest BCUT2D eigenvalue weighted by Crippen LogP contribution is 2.46. The summed E-state index contributed by atoms with van der Waals surface area (Å²) in [5.74, 6) is 0.726. The van der Waals surface area contributed by atoms with Gasteiger partial charge < -0.3 is 15.7 Å². The highest BCUT2D eigenvalue weighted by atomic mass is 16.3. The summed E-state index contributed by atoms with van der Waals surface area (Å²) in [4.78, 5) is 14.2. The Balaban J connectivity index is 1.96. The predicted molar refractivity (Wildman–Crippen MR) is 70.9 cm³/mol. The van der Waals surface area contributed by atoms with E-state index in [1.807, 2.05) is 0 Å². The van der Waals surface area contributed by atoms with Crippen molar-refractivity contribution in [2.24, 2.45) is 17.1 Å². The van der Waals surface area contributed by atoms with Crippen LogP contribution in [0.2, 0.25) is 0 Å². The topological polar surface area (TPSA) is 66.6 Å². The van der Waals surface area contributed by atoms with Gasteiger partial charge in [0, 0.05) is 20.1 Å². The summed E-state index contributed by atoms with van der Waals surface area (Å²) in [6.07, 6.45) is 5.55. The van der Waals surface area contributed by atoms with Crippen LogP contribution in [0.25, 0.3) is 0 Å². The molecule has 2 saturated carbocycles. The largest absolute Gasteiger partial charge is 0.388 e. The third-order valence-electron chi connectivity index (χ3n) is 4.74. The first-order valence-electron chi connectivity index (χ1n) is 7.09. The van der Waals surface area contributed by atoms with Crippen LogP contribution < -0.4 is 5.73 Å². The molecule has 0 aromatic rings. The lowest BCUT2D eigenvalue weighted by Crippen LogP contribution is -2.56. The quantitative estimate of drug-likeness (QED) is 0.790. The van der Waals surface area contributed by atoms with Crippen LogP contribution in [0, 0.1) is 11.3 Å². The molecule has 0 saturated heterocycles. The minimum absolute atomic E-state index is 0.128. The Morgan fingerprint density at radius 3 is 2.39 bits per heavy atom. The van der Waals surface area contributed by atoms with Gasteiger partial charge >= 0.3 is 0 Å². The molecule has 2 aliphatic carbocycles. The van der Waals surface area contributed by atoms with E-state index in [9.17, 15) is 9.90 Å². The maximum atomic E-state index is 12.5. The smallest absolute Gasteiger partial charge is 0.229 e. The molecular weight excluding hydrogens is 228 g/mol. The first-order valence-corrected chi connectivity index (χ1v) is 7.09. The minimum Gasteiger partial charge on any atom is -0.388 e. The maximum absolute atomic E-state index is 12.5. The highest BCUT2D eigenvalue weighted by Gasteiger charge is 2.49. The van der Waals surface area contributed by atoms with Gasteiger partial charge in [-0.3, -0.25) is 4.79 Å². The van der Waals surface area contributed by atoms with Crippen molar-refractivity contribution < 1.29 is 9.90 Å². The van der Waals surface area contributed by atoms with Gasteiger partial charge in [-0.25, -0.2) is 0 Å². The zero-order valence-corrected chi connectivity index (χ0v) is 11.6. The molecule has 2 aliphatic rings. The molecule has 0 aliphatic heterocycles. The van der Waals surface area contributed by atoms with E-state index < -0.39 is 5.60 Å². The zero-order chi connectivity index (χ0) is 13.4. The number of carbonyl (C=O) groups excluding carboxylic acids is 1. The molecule has 18 heavy (non-hydrogen) atoms. The fraction of sp³-hybridized carbons (Fsp3) is 0.929. The average molecular weight is 254 g/mol. The van der Waals surface area contributed by atoms with Crippen molar-refractivity contribution >= 4 is 5.91 Å². The standard InChI is InChI=1S/C14H26N2O2/c1-11-7-13(8-11,9-15)12(17)16(2)10-14(18)5-3-4-6-14/h11,18H,3-10,15H2,1-2H3. The Labute approximate surface area is 110 Å². The summed E-state index contributed by atoms with van der Waals surface area (Å²) in [6, 6.07) is 0. The van der Waals surface area contributed by atoms with Gasteiger partial charge in [0.1, 0.15) is 0 Å². The van der Waals surface area contributed by atoms with Crippen molar-refractivity contribution in [2.75, 3.05) is 20.1 Å². The molecular formula is C14H26N2O2. The highest BCUT2D eigenvalue weighted by molar-refractivity contribution is 5.84. The number of aliphatic hydroxyl groups is 1. The second-order valence-corrected chi connectivity index (χ2v) is 6.59. The predicted octanol–water partition coefficient (Wildman–Crippen LogP) is 1.12. The van der Waals surface area contributed by atoms with Crippen LogP contribution in [-0.4, -0.2) is 41.7 Å². The Morgan fingerprint density at radius 1 is 1.39 bits per heavy atom. The Morgan fingerprint density at radius 2 is 1.94 bits per heavy atom. The Hall–Kier alpha value is -0.610. The third kappa shape index (κ3) is 2.41. The molecule has 0 atom stereocenters. The van der Waals surface area contributed by atoms with E-state index in [1.54, 1.807) is 11.9 Å². The fourth-order valence-corrected chi connectivity index (χ4v) is 3.81. The van der Waals surface area contributed by atoms with E-state index >= 15 is 0 Å². The molecule has 0 spiro atoms. The molecule has 4 nitrogen and oxygen atoms in total. The molecule has 1 amide bonds. The van der Waals surface area contributed by atoms with Gasteiger partial charge in [0.05, 0.1) is 11.0 Å². The molecule has 4 heteroatoms. The average Bonchev–Trinajstić information content (AvgIpc) is 2.70.